The topological polar surface area (TPSA) is 30.5 Å². The largest absolute Gasteiger partial charge is 0.493 e. The van der Waals surface area contributed by atoms with Gasteiger partial charge in [-0.2, -0.15) is 0 Å². The Balaban J connectivity index is 1.82. The van der Waals surface area contributed by atoms with E-state index in [1.54, 1.807) is 0 Å². The van der Waals surface area contributed by atoms with Gasteiger partial charge in [0.05, 0.1) is 13.2 Å². The normalized spacial score (nSPS) is 12.0. The first-order chi connectivity index (χ1) is 11.6. The Labute approximate surface area is 146 Å². The molecule has 1 atom stereocenters. The van der Waals surface area contributed by atoms with Crippen LogP contribution in [0.4, 0.5) is 5.69 Å². The van der Waals surface area contributed by atoms with Gasteiger partial charge < -0.3 is 14.8 Å². The van der Waals surface area contributed by atoms with Gasteiger partial charge in [0.2, 0.25) is 0 Å². The molecule has 2 aromatic carbocycles. The molecule has 1 unspecified atom stereocenters. The predicted octanol–water partition coefficient (Wildman–Crippen LogP) is 5.30. The van der Waals surface area contributed by atoms with Gasteiger partial charge in [-0.1, -0.05) is 38.5 Å². The first-order valence-corrected chi connectivity index (χ1v) is 8.77. The lowest BCUT2D eigenvalue weighted by Gasteiger charge is -2.19. The van der Waals surface area contributed by atoms with E-state index in [1.165, 1.54) is 5.56 Å². The highest BCUT2D eigenvalue weighted by Gasteiger charge is 2.08. The Morgan fingerprint density at radius 2 is 1.54 bits per heavy atom. The molecule has 0 saturated heterocycles. The fourth-order valence-electron chi connectivity index (χ4n) is 2.24. The molecule has 24 heavy (non-hydrogen) atoms. The van der Waals surface area contributed by atoms with Gasteiger partial charge in [0, 0.05) is 5.69 Å². The average Bonchev–Trinajstić information content (AvgIpc) is 2.59. The van der Waals surface area contributed by atoms with E-state index >= 15 is 0 Å². The molecule has 0 radical (unpaired) electrons. The molecule has 2 rings (SSSR count). The standard InChI is InChI=1S/C21H29NO2/c1-5-19(24-21-10-6-17(4)7-11-21)14-22-18-8-12-20(13-9-18)23-15-16(2)3/h6-13,16,19,22H,5,14-15H2,1-4H3. The molecule has 0 fully saturated rings. The molecular formula is C21H29NO2. The Hall–Kier alpha value is -2.16. The van der Waals surface area contributed by atoms with Crippen molar-refractivity contribution in [3.05, 3.63) is 54.1 Å². The highest BCUT2D eigenvalue weighted by molar-refractivity contribution is 5.46. The molecule has 2 aromatic rings. The Kier molecular flexibility index (Phi) is 6.98. The van der Waals surface area contributed by atoms with E-state index in [4.69, 9.17) is 9.47 Å². The number of aryl methyl sites for hydroxylation is 1. The van der Waals surface area contributed by atoms with Crippen molar-refractivity contribution in [2.24, 2.45) is 5.92 Å². The maximum Gasteiger partial charge on any atom is 0.119 e. The molecule has 1 N–H and O–H groups in total. The number of ether oxygens (including phenoxy) is 2. The predicted molar refractivity (Wildman–Crippen MR) is 101 cm³/mol. The van der Waals surface area contributed by atoms with Crippen molar-refractivity contribution < 1.29 is 9.47 Å². The van der Waals surface area contributed by atoms with Gasteiger partial charge >= 0.3 is 0 Å². The summed E-state index contributed by atoms with van der Waals surface area (Å²) in [5.41, 5.74) is 2.33. The molecular weight excluding hydrogens is 298 g/mol. The van der Waals surface area contributed by atoms with Crippen LogP contribution in [-0.4, -0.2) is 19.3 Å². The molecule has 3 heteroatoms. The van der Waals surface area contributed by atoms with Gasteiger partial charge in [-0.05, 0) is 55.7 Å². The second kappa shape index (κ2) is 9.21. The second-order valence-electron chi connectivity index (χ2n) is 6.57. The third kappa shape index (κ3) is 6.15. The molecule has 0 aromatic heterocycles. The smallest absolute Gasteiger partial charge is 0.119 e. The SMILES string of the molecule is CCC(CNc1ccc(OCC(C)C)cc1)Oc1ccc(C)cc1. The molecule has 130 valence electrons. The van der Waals surface area contributed by atoms with Crippen LogP contribution in [0, 0.1) is 12.8 Å². The average molecular weight is 327 g/mol. The fourth-order valence-corrected chi connectivity index (χ4v) is 2.24. The van der Waals surface area contributed by atoms with Crippen molar-refractivity contribution in [1.29, 1.82) is 0 Å². The Morgan fingerprint density at radius 3 is 2.12 bits per heavy atom. The monoisotopic (exact) mass is 327 g/mol. The quantitative estimate of drug-likeness (QED) is 0.678. The lowest BCUT2D eigenvalue weighted by molar-refractivity contribution is 0.210. The van der Waals surface area contributed by atoms with Crippen LogP contribution >= 0.6 is 0 Å². The fraction of sp³-hybridized carbons (Fsp3) is 0.429. The Morgan fingerprint density at radius 1 is 0.917 bits per heavy atom. The minimum Gasteiger partial charge on any atom is -0.493 e. The summed E-state index contributed by atoms with van der Waals surface area (Å²) in [5.74, 6) is 2.37. The number of benzene rings is 2. The maximum absolute atomic E-state index is 6.04. The van der Waals surface area contributed by atoms with Crippen LogP contribution in [0.3, 0.4) is 0 Å². The van der Waals surface area contributed by atoms with Gasteiger partial charge in [-0.25, -0.2) is 0 Å². The summed E-state index contributed by atoms with van der Waals surface area (Å²) in [4.78, 5) is 0. The number of anilines is 1. The minimum absolute atomic E-state index is 0.143. The number of rotatable bonds is 9. The third-order valence-electron chi connectivity index (χ3n) is 3.75. The van der Waals surface area contributed by atoms with E-state index in [9.17, 15) is 0 Å². The molecule has 0 bridgehead atoms. The number of hydrogen-bond donors (Lipinski definition) is 1. The summed E-state index contributed by atoms with van der Waals surface area (Å²) < 4.78 is 11.7. The van der Waals surface area contributed by atoms with E-state index in [2.05, 4.69) is 45.1 Å². The van der Waals surface area contributed by atoms with Crippen molar-refractivity contribution in [2.45, 2.75) is 40.2 Å². The summed E-state index contributed by atoms with van der Waals surface area (Å²) in [6, 6.07) is 16.3. The molecule has 0 saturated carbocycles. The van der Waals surface area contributed by atoms with Crippen LogP contribution in [0.25, 0.3) is 0 Å². The van der Waals surface area contributed by atoms with Crippen molar-refractivity contribution >= 4 is 5.69 Å². The zero-order valence-corrected chi connectivity index (χ0v) is 15.2. The molecule has 0 aliphatic carbocycles. The summed E-state index contributed by atoms with van der Waals surface area (Å²) in [7, 11) is 0. The highest BCUT2D eigenvalue weighted by Crippen LogP contribution is 2.18. The number of nitrogens with one attached hydrogen (secondary N) is 1. The van der Waals surface area contributed by atoms with E-state index in [1.807, 2.05) is 36.4 Å². The van der Waals surface area contributed by atoms with Gasteiger partial charge in [0.1, 0.15) is 17.6 Å². The van der Waals surface area contributed by atoms with Crippen LogP contribution in [-0.2, 0) is 0 Å². The van der Waals surface area contributed by atoms with Gasteiger partial charge in [0.25, 0.3) is 0 Å². The first-order valence-electron chi connectivity index (χ1n) is 8.77. The zero-order valence-electron chi connectivity index (χ0n) is 15.2. The second-order valence-corrected chi connectivity index (χ2v) is 6.57. The maximum atomic E-state index is 6.04. The van der Waals surface area contributed by atoms with Crippen LogP contribution in [0.2, 0.25) is 0 Å². The van der Waals surface area contributed by atoms with Crippen molar-refractivity contribution in [3.63, 3.8) is 0 Å². The summed E-state index contributed by atoms with van der Waals surface area (Å²) in [5, 5.41) is 3.44. The lowest BCUT2D eigenvalue weighted by atomic mass is 10.2. The minimum atomic E-state index is 0.143. The van der Waals surface area contributed by atoms with E-state index in [0.717, 1.165) is 36.8 Å². The molecule has 0 aliphatic heterocycles. The van der Waals surface area contributed by atoms with Crippen LogP contribution in [0.15, 0.2) is 48.5 Å². The van der Waals surface area contributed by atoms with Gasteiger partial charge in [-0.15, -0.1) is 0 Å². The van der Waals surface area contributed by atoms with E-state index in [0.29, 0.717) is 5.92 Å². The third-order valence-corrected chi connectivity index (χ3v) is 3.75. The first kappa shape index (κ1) is 18.2. The Bertz CT molecular complexity index is 590. The summed E-state index contributed by atoms with van der Waals surface area (Å²) in [6.45, 7) is 10.0. The highest BCUT2D eigenvalue weighted by atomic mass is 16.5. The van der Waals surface area contributed by atoms with E-state index in [-0.39, 0.29) is 6.10 Å². The van der Waals surface area contributed by atoms with Crippen LogP contribution in [0.5, 0.6) is 11.5 Å². The van der Waals surface area contributed by atoms with Crippen molar-refractivity contribution in [2.75, 3.05) is 18.5 Å². The van der Waals surface area contributed by atoms with Gasteiger partial charge in [-0.3, -0.25) is 0 Å². The van der Waals surface area contributed by atoms with Crippen molar-refractivity contribution in [3.8, 4) is 11.5 Å². The molecule has 0 aliphatic rings. The molecule has 3 nitrogen and oxygen atoms in total. The molecule has 0 heterocycles. The lowest BCUT2D eigenvalue weighted by Crippen LogP contribution is -2.25. The van der Waals surface area contributed by atoms with Crippen molar-refractivity contribution in [1.82, 2.24) is 0 Å². The zero-order chi connectivity index (χ0) is 17.4. The van der Waals surface area contributed by atoms with Crippen LogP contribution in [0.1, 0.15) is 32.8 Å². The molecule has 0 amide bonds. The number of hydrogen-bond acceptors (Lipinski definition) is 3. The summed E-state index contributed by atoms with van der Waals surface area (Å²) in [6.07, 6.45) is 1.10. The van der Waals surface area contributed by atoms with E-state index < -0.39 is 0 Å². The molecule has 0 spiro atoms. The van der Waals surface area contributed by atoms with Gasteiger partial charge in [0.15, 0.2) is 0 Å². The summed E-state index contributed by atoms with van der Waals surface area (Å²) >= 11 is 0. The van der Waals surface area contributed by atoms with Crippen LogP contribution < -0.4 is 14.8 Å².